The maximum Gasteiger partial charge on any atom is 0.449 e. The SMILES string of the molecule is Cc1ccc(N(CCc2ccc(F)cc2)C(=O)Cn2c(C(F)(F)F)nc3ccccc32)cc1C. The molecular weight excluding hydrogens is 446 g/mol. The van der Waals surface area contributed by atoms with Gasteiger partial charge in [0.05, 0.1) is 11.0 Å². The molecule has 0 aliphatic rings. The Labute approximate surface area is 194 Å². The van der Waals surface area contributed by atoms with Gasteiger partial charge < -0.3 is 9.47 Å². The number of amides is 1. The summed E-state index contributed by atoms with van der Waals surface area (Å²) in [5.41, 5.74) is 3.81. The fourth-order valence-electron chi connectivity index (χ4n) is 3.86. The van der Waals surface area contributed by atoms with Crippen LogP contribution in [0.15, 0.2) is 66.7 Å². The maximum atomic E-state index is 13.7. The highest BCUT2D eigenvalue weighted by Gasteiger charge is 2.38. The van der Waals surface area contributed by atoms with Crippen LogP contribution in [-0.2, 0) is 23.9 Å². The lowest BCUT2D eigenvalue weighted by molar-refractivity contribution is -0.147. The molecular formula is C26H23F4N3O. The second-order valence-corrected chi connectivity index (χ2v) is 8.20. The third kappa shape index (κ3) is 4.95. The molecule has 0 fully saturated rings. The number of halogens is 4. The second-order valence-electron chi connectivity index (χ2n) is 8.20. The number of anilines is 1. The monoisotopic (exact) mass is 469 g/mol. The highest BCUT2D eigenvalue weighted by atomic mass is 19.4. The Morgan fingerprint density at radius 3 is 2.35 bits per heavy atom. The highest BCUT2D eigenvalue weighted by Crippen LogP contribution is 2.32. The van der Waals surface area contributed by atoms with Gasteiger partial charge in [-0.3, -0.25) is 4.79 Å². The molecule has 0 spiro atoms. The predicted molar refractivity (Wildman–Crippen MR) is 123 cm³/mol. The van der Waals surface area contributed by atoms with Crippen molar-refractivity contribution in [2.24, 2.45) is 0 Å². The van der Waals surface area contributed by atoms with E-state index in [-0.39, 0.29) is 23.4 Å². The quantitative estimate of drug-likeness (QED) is 0.321. The van der Waals surface area contributed by atoms with E-state index in [9.17, 15) is 22.4 Å². The lowest BCUT2D eigenvalue weighted by Gasteiger charge is -2.25. The summed E-state index contributed by atoms with van der Waals surface area (Å²) in [5, 5.41) is 0. The molecule has 0 bridgehead atoms. The molecule has 0 atom stereocenters. The molecule has 176 valence electrons. The van der Waals surface area contributed by atoms with Crippen molar-refractivity contribution >= 4 is 22.6 Å². The van der Waals surface area contributed by atoms with E-state index in [1.807, 2.05) is 26.0 Å². The van der Waals surface area contributed by atoms with Gasteiger partial charge in [0.1, 0.15) is 12.4 Å². The number of rotatable bonds is 6. The smallest absolute Gasteiger partial charge is 0.311 e. The van der Waals surface area contributed by atoms with Crippen molar-refractivity contribution < 1.29 is 22.4 Å². The summed E-state index contributed by atoms with van der Waals surface area (Å²) in [4.78, 5) is 18.7. The van der Waals surface area contributed by atoms with Crippen LogP contribution in [0.25, 0.3) is 11.0 Å². The number of imidazole rings is 1. The predicted octanol–water partition coefficient (Wildman–Crippen LogP) is 6.09. The van der Waals surface area contributed by atoms with E-state index in [1.54, 1.807) is 30.3 Å². The van der Waals surface area contributed by atoms with E-state index in [1.165, 1.54) is 29.2 Å². The first kappa shape index (κ1) is 23.5. The molecule has 4 nitrogen and oxygen atoms in total. The molecule has 4 rings (SSSR count). The number of para-hydroxylation sites is 2. The molecule has 1 amide bonds. The first-order chi connectivity index (χ1) is 16.1. The number of fused-ring (bicyclic) bond motifs is 1. The third-order valence-corrected chi connectivity index (χ3v) is 5.84. The van der Waals surface area contributed by atoms with Crippen molar-refractivity contribution in [1.29, 1.82) is 0 Å². The Balaban J connectivity index is 1.69. The van der Waals surface area contributed by atoms with Crippen molar-refractivity contribution in [3.05, 3.63) is 95.1 Å². The zero-order chi connectivity index (χ0) is 24.5. The summed E-state index contributed by atoms with van der Waals surface area (Å²) in [7, 11) is 0. The summed E-state index contributed by atoms with van der Waals surface area (Å²) in [6.07, 6.45) is -4.30. The van der Waals surface area contributed by atoms with Crippen molar-refractivity contribution in [3.8, 4) is 0 Å². The van der Waals surface area contributed by atoms with Crippen molar-refractivity contribution in [1.82, 2.24) is 9.55 Å². The Morgan fingerprint density at radius 1 is 0.971 bits per heavy atom. The Kier molecular flexibility index (Phi) is 6.41. The van der Waals surface area contributed by atoms with Gasteiger partial charge in [-0.1, -0.05) is 30.3 Å². The minimum absolute atomic E-state index is 0.173. The number of benzene rings is 3. The average molecular weight is 469 g/mol. The number of carbonyl (C=O) groups is 1. The van der Waals surface area contributed by atoms with E-state index in [2.05, 4.69) is 4.98 Å². The average Bonchev–Trinajstić information content (AvgIpc) is 3.16. The molecule has 4 aromatic rings. The van der Waals surface area contributed by atoms with E-state index in [4.69, 9.17) is 0 Å². The van der Waals surface area contributed by atoms with Gasteiger partial charge in [0.25, 0.3) is 0 Å². The lowest BCUT2D eigenvalue weighted by atomic mass is 10.1. The fourth-order valence-corrected chi connectivity index (χ4v) is 3.86. The van der Waals surface area contributed by atoms with Crippen LogP contribution in [0.1, 0.15) is 22.5 Å². The molecule has 0 aliphatic heterocycles. The lowest BCUT2D eigenvalue weighted by Crippen LogP contribution is -2.36. The molecule has 0 N–H and O–H groups in total. The number of aryl methyl sites for hydroxylation is 2. The van der Waals surface area contributed by atoms with Crippen molar-refractivity contribution in [3.63, 3.8) is 0 Å². The van der Waals surface area contributed by atoms with Crippen LogP contribution in [-0.4, -0.2) is 22.0 Å². The molecule has 0 aliphatic carbocycles. The maximum absolute atomic E-state index is 13.7. The number of carbonyl (C=O) groups excluding carboxylic acids is 1. The van der Waals surface area contributed by atoms with E-state index >= 15 is 0 Å². The molecule has 3 aromatic carbocycles. The van der Waals surface area contributed by atoms with Gasteiger partial charge in [0.15, 0.2) is 0 Å². The van der Waals surface area contributed by atoms with Crippen LogP contribution in [0, 0.1) is 19.7 Å². The van der Waals surface area contributed by atoms with Gasteiger partial charge in [-0.05, 0) is 73.4 Å². The van der Waals surface area contributed by atoms with Crippen LogP contribution >= 0.6 is 0 Å². The molecule has 34 heavy (non-hydrogen) atoms. The van der Waals surface area contributed by atoms with Crippen molar-refractivity contribution in [2.75, 3.05) is 11.4 Å². The van der Waals surface area contributed by atoms with Gasteiger partial charge in [-0.2, -0.15) is 13.2 Å². The Bertz CT molecular complexity index is 1330. The van der Waals surface area contributed by atoms with Gasteiger partial charge in [0, 0.05) is 12.2 Å². The number of nitrogens with zero attached hydrogens (tertiary/aromatic N) is 3. The molecule has 0 unspecified atom stereocenters. The summed E-state index contributed by atoms with van der Waals surface area (Å²) >= 11 is 0. The van der Waals surface area contributed by atoms with E-state index in [0.717, 1.165) is 21.3 Å². The number of hydrogen-bond acceptors (Lipinski definition) is 2. The molecule has 1 heterocycles. The summed E-state index contributed by atoms with van der Waals surface area (Å²) in [6.45, 7) is 3.55. The van der Waals surface area contributed by atoms with Gasteiger partial charge in [0.2, 0.25) is 11.7 Å². The summed E-state index contributed by atoms with van der Waals surface area (Å²) < 4.78 is 55.4. The van der Waals surface area contributed by atoms with Crippen LogP contribution in [0.2, 0.25) is 0 Å². The first-order valence-corrected chi connectivity index (χ1v) is 10.8. The van der Waals surface area contributed by atoms with E-state index < -0.39 is 24.5 Å². The summed E-state index contributed by atoms with van der Waals surface area (Å²) in [6, 6.07) is 17.6. The minimum atomic E-state index is -4.71. The highest BCUT2D eigenvalue weighted by molar-refractivity contribution is 5.94. The standard InChI is InChI=1S/C26H23F4N3O/c1-17-7-12-21(15-18(17)2)32(14-13-19-8-10-20(27)11-9-19)24(34)16-33-23-6-4-3-5-22(23)31-25(33)26(28,29)30/h3-12,15H,13-14,16H2,1-2H3. The van der Waals surface area contributed by atoms with Crippen LogP contribution in [0.3, 0.4) is 0 Å². The van der Waals surface area contributed by atoms with Crippen LogP contribution < -0.4 is 4.90 Å². The molecule has 0 radical (unpaired) electrons. The van der Waals surface area contributed by atoms with Gasteiger partial charge in [-0.25, -0.2) is 9.37 Å². The fraction of sp³-hybridized carbons (Fsp3) is 0.231. The van der Waals surface area contributed by atoms with Crippen LogP contribution in [0.5, 0.6) is 0 Å². The van der Waals surface area contributed by atoms with Gasteiger partial charge in [-0.15, -0.1) is 0 Å². The van der Waals surface area contributed by atoms with Gasteiger partial charge >= 0.3 is 6.18 Å². The number of alkyl halides is 3. The van der Waals surface area contributed by atoms with Crippen molar-refractivity contribution in [2.45, 2.75) is 33.0 Å². The second kappa shape index (κ2) is 9.29. The Morgan fingerprint density at radius 2 is 1.68 bits per heavy atom. The normalized spacial score (nSPS) is 11.7. The molecule has 0 saturated heterocycles. The molecule has 0 saturated carbocycles. The Hall–Kier alpha value is -3.68. The van der Waals surface area contributed by atoms with Crippen LogP contribution in [0.4, 0.5) is 23.2 Å². The topological polar surface area (TPSA) is 38.1 Å². The zero-order valence-corrected chi connectivity index (χ0v) is 18.7. The van der Waals surface area contributed by atoms with E-state index in [0.29, 0.717) is 12.1 Å². The summed E-state index contributed by atoms with van der Waals surface area (Å²) in [5.74, 6) is -1.97. The number of aromatic nitrogens is 2. The minimum Gasteiger partial charge on any atom is -0.311 e. The number of hydrogen-bond donors (Lipinski definition) is 0. The third-order valence-electron chi connectivity index (χ3n) is 5.84. The largest absolute Gasteiger partial charge is 0.449 e. The zero-order valence-electron chi connectivity index (χ0n) is 18.7. The molecule has 8 heteroatoms. The molecule has 1 aromatic heterocycles. The first-order valence-electron chi connectivity index (χ1n) is 10.8.